The van der Waals surface area contributed by atoms with Gasteiger partial charge in [-0.3, -0.25) is 14.4 Å². The van der Waals surface area contributed by atoms with E-state index >= 15 is 0 Å². The van der Waals surface area contributed by atoms with Gasteiger partial charge in [-0.05, 0) is 37.1 Å². The van der Waals surface area contributed by atoms with Crippen molar-refractivity contribution in [2.45, 2.75) is 75.3 Å². The van der Waals surface area contributed by atoms with E-state index in [-0.39, 0.29) is 54.4 Å². The monoisotopic (exact) mass is 621 g/mol. The zero-order valence-electron chi connectivity index (χ0n) is 24.4. The van der Waals surface area contributed by atoms with Crippen LogP contribution in [0.4, 0.5) is 0 Å². The highest BCUT2D eigenvalue weighted by Gasteiger charge is 2.53. The van der Waals surface area contributed by atoms with Crippen LogP contribution in [0.25, 0.3) is 0 Å². The summed E-state index contributed by atoms with van der Waals surface area (Å²) in [7, 11) is 4.93. The fraction of sp³-hybridized carbons (Fsp3) is 0.500. The molecule has 0 aromatic heterocycles. The van der Waals surface area contributed by atoms with Crippen molar-refractivity contribution < 1.29 is 71.4 Å². The molecule has 234 valence electrons. The van der Waals surface area contributed by atoms with Gasteiger partial charge in [0.15, 0.2) is 12.1 Å². The van der Waals surface area contributed by atoms with E-state index in [9.17, 15) is 39.9 Å². The number of phenolic OH excluding ortho intramolecular Hbond substituents is 3. The Kier molecular flexibility index (Phi) is 8.87. The normalized spacial score (nSPS) is 29.8. The third kappa shape index (κ3) is 5.05. The van der Waals surface area contributed by atoms with Crippen molar-refractivity contribution in [3.05, 3.63) is 51.6 Å². The molecule has 2 aromatic carbocycles. The Bertz CT molecular complexity index is 1480. The van der Waals surface area contributed by atoms with Crippen LogP contribution in [0.1, 0.15) is 88.1 Å². The largest absolute Gasteiger partial charge is 1.00 e. The molecule has 2 aliphatic carbocycles. The van der Waals surface area contributed by atoms with Gasteiger partial charge in [-0.15, -0.1) is 0 Å². The van der Waals surface area contributed by atoms with Gasteiger partial charge in [0.1, 0.15) is 35.3 Å². The molecule has 0 spiro atoms. The molecule has 1 heterocycles. The number of aliphatic hydroxyl groups is 2. The topological polar surface area (TPSA) is 184 Å². The summed E-state index contributed by atoms with van der Waals surface area (Å²) in [5.41, 5.74) is -3.33. The number of carbonyl (C=O) groups is 3. The standard InChI is InChI=1S/C30H35NO11.ClH/c1-6-30(39)11-18(42-19-10-15(31(3)4)25(34)12(2)41-19)20-13(24(30)29(38)40-5)9-14-21(27(20)36)28(37)23-17(33)8-7-16(32)22(23)26(14)35;/h7-9,12,15,18-19,24-25,32-34,36,39H,6,10-11H2,1-5H3;1H/t12?,15?,18-,19?,24?,25?,30+;/m0./s1. The first-order chi connectivity index (χ1) is 19.7. The number of carbonyl (C=O) groups excluding carboxylic acids is 3. The molecule has 1 aliphatic heterocycles. The summed E-state index contributed by atoms with van der Waals surface area (Å²) in [5, 5.41) is 55.0. The first kappa shape index (κ1) is 32.6. The van der Waals surface area contributed by atoms with Crippen molar-refractivity contribution in [3.8, 4) is 17.2 Å². The highest BCUT2D eigenvalue weighted by atomic mass is 35.5. The number of aromatic hydroxyl groups is 3. The molecule has 5 unspecified atom stereocenters. The molecule has 0 amide bonds. The summed E-state index contributed by atoms with van der Waals surface area (Å²) >= 11 is 0. The van der Waals surface area contributed by atoms with Crippen molar-refractivity contribution in [1.29, 1.82) is 0 Å². The van der Waals surface area contributed by atoms with Gasteiger partial charge in [-0.1, -0.05) is 6.92 Å². The fourth-order valence-electron chi connectivity index (χ4n) is 6.65. The van der Waals surface area contributed by atoms with E-state index in [4.69, 9.17) is 14.2 Å². The van der Waals surface area contributed by atoms with E-state index in [0.717, 1.165) is 24.1 Å². The third-order valence-corrected chi connectivity index (χ3v) is 8.98. The van der Waals surface area contributed by atoms with Crippen LogP contribution in [-0.2, 0) is 19.0 Å². The number of halogens is 1. The number of methoxy groups -OCH3 is 1. The number of nitrogens with one attached hydrogen (secondary N) is 1. The summed E-state index contributed by atoms with van der Waals surface area (Å²) in [4.78, 5) is 41.4. The molecular weight excluding hydrogens is 586 g/mol. The van der Waals surface area contributed by atoms with Crippen LogP contribution in [0.15, 0.2) is 18.2 Å². The molecule has 13 heteroatoms. The van der Waals surface area contributed by atoms with E-state index in [2.05, 4.69) is 0 Å². The SMILES string of the molecule is CC[C@@]1(O)C[C@H](OC2CC([NH+](C)C)C(O)C(C)O2)c2c(cc3c(c2O)C(=O)c2c(O)ccc(O)c2C3=O)C1C(=O)OC.[Cl-]. The van der Waals surface area contributed by atoms with Crippen LogP contribution in [0.3, 0.4) is 0 Å². The molecule has 0 bridgehead atoms. The molecular formula is C30H36ClNO11. The Morgan fingerprint density at radius 2 is 1.70 bits per heavy atom. The molecule has 1 fully saturated rings. The first-order valence-electron chi connectivity index (χ1n) is 13.9. The zero-order chi connectivity index (χ0) is 30.8. The Morgan fingerprint density at radius 3 is 2.26 bits per heavy atom. The van der Waals surface area contributed by atoms with Crippen LogP contribution >= 0.6 is 0 Å². The van der Waals surface area contributed by atoms with Gasteiger partial charge in [0.25, 0.3) is 0 Å². The zero-order valence-corrected chi connectivity index (χ0v) is 25.1. The average molecular weight is 622 g/mol. The maximum absolute atomic E-state index is 13.7. The molecule has 3 aliphatic rings. The average Bonchev–Trinajstić information content (AvgIpc) is 2.93. The molecule has 12 nitrogen and oxygen atoms in total. The predicted octanol–water partition coefficient (Wildman–Crippen LogP) is -2.55. The lowest BCUT2D eigenvalue weighted by Crippen LogP contribution is -3.12. The van der Waals surface area contributed by atoms with Crippen molar-refractivity contribution in [1.82, 2.24) is 0 Å². The lowest BCUT2D eigenvalue weighted by atomic mass is 9.67. The summed E-state index contributed by atoms with van der Waals surface area (Å²) in [6.07, 6.45) is -3.20. The molecule has 1 saturated heterocycles. The van der Waals surface area contributed by atoms with Crippen LogP contribution in [-0.4, -0.2) is 94.4 Å². The lowest BCUT2D eigenvalue weighted by Gasteiger charge is -2.45. The number of ketones is 2. The van der Waals surface area contributed by atoms with Gasteiger partial charge in [-0.25, -0.2) is 0 Å². The molecule has 7 atom stereocenters. The van der Waals surface area contributed by atoms with E-state index in [1.54, 1.807) is 13.8 Å². The van der Waals surface area contributed by atoms with Gasteiger partial charge in [0, 0.05) is 17.5 Å². The molecule has 5 rings (SSSR count). The van der Waals surface area contributed by atoms with Gasteiger partial charge in [-0.2, -0.15) is 0 Å². The first-order valence-corrected chi connectivity index (χ1v) is 13.9. The number of hydrogen-bond donors (Lipinski definition) is 6. The van der Waals surface area contributed by atoms with E-state index in [1.165, 1.54) is 6.07 Å². The second-order valence-corrected chi connectivity index (χ2v) is 11.6. The number of benzene rings is 2. The van der Waals surface area contributed by atoms with Gasteiger partial charge < -0.3 is 57.1 Å². The van der Waals surface area contributed by atoms with Crippen LogP contribution in [0.2, 0.25) is 0 Å². The van der Waals surface area contributed by atoms with Gasteiger partial charge >= 0.3 is 5.97 Å². The number of esters is 1. The van der Waals surface area contributed by atoms with E-state index < -0.39 is 87.6 Å². The Labute approximate surface area is 254 Å². The summed E-state index contributed by atoms with van der Waals surface area (Å²) in [6, 6.07) is 3.14. The quantitative estimate of drug-likeness (QED) is 0.130. The number of fused-ring (bicyclic) bond motifs is 3. The molecule has 43 heavy (non-hydrogen) atoms. The van der Waals surface area contributed by atoms with Crippen LogP contribution in [0, 0.1) is 0 Å². The highest BCUT2D eigenvalue weighted by Crippen LogP contribution is 2.54. The Hall–Kier alpha value is -3.26. The Balaban J connectivity index is 0.00000423. The maximum Gasteiger partial charge on any atom is 0.316 e. The highest BCUT2D eigenvalue weighted by molar-refractivity contribution is 6.31. The second-order valence-electron chi connectivity index (χ2n) is 11.6. The van der Waals surface area contributed by atoms with E-state index in [1.807, 2.05) is 14.1 Å². The minimum absolute atomic E-state index is 0. The van der Waals surface area contributed by atoms with Gasteiger partial charge in [0.2, 0.25) is 5.78 Å². The number of ether oxygens (including phenoxy) is 3. The summed E-state index contributed by atoms with van der Waals surface area (Å²) in [6.45, 7) is 3.38. The lowest BCUT2D eigenvalue weighted by molar-refractivity contribution is -0.893. The van der Waals surface area contributed by atoms with Crippen LogP contribution in [0.5, 0.6) is 17.2 Å². The predicted molar refractivity (Wildman–Crippen MR) is 145 cm³/mol. The van der Waals surface area contributed by atoms with Gasteiger partial charge in [0.05, 0.1) is 62.1 Å². The molecule has 0 saturated carbocycles. The van der Waals surface area contributed by atoms with Crippen molar-refractivity contribution >= 4 is 17.5 Å². The summed E-state index contributed by atoms with van der Waals surface area (Å²) in [5.74, 6) is -5.67. The van der Waals surface area contributed by atoms with Crippen molar-refractivity contribution in [3.63, 3.8) is 0 Å². The maximum atomic E-state index is 13.7. The fourth-order valence-corrected chi connectivity index (χ4v) is 6.65. The number of quaternary nitrogens is 1. The Morgan fingerprint density at radius 1 is 1.09 bits per heavy atom. The van der Waals surface area contributed by atoms with E-state index in [0.29, 0.717) is 0 Å². The van der Waals surface area contributed by atoms with Crippen LogP contribution < -0.4 is 17.3 Å². The minimum Gasteiger partial charge on any atom is -1.00 e. The van der Waals surface area contributed by atoms with Crippen molar-refractivity contribution in [2.75, 3.05) is 21.2 Å². The smallest absolute Gasteiger partial charge is 0.316 e. The number of likely N-dealkylation sites (N-methyl/N-ethyl adjacent to an activating group) is 1. The number of hydrogen-bond acceptors (Lipinski definition) is 11. The number of rotatable bonds is 5. The number of aliphatic hydroxyl groups excluding tert-OH is 1. The second kappa shape index (κ2) is 11.7. The summed E-state index contributed by atoms with van der Waals surface area (Å²) < 4.78 is 17.3. The minimum atomic E-state index is -1.74. The third-order valence-electron chi connectivity index (χ3n) is 8.98. The molecule has 6 N–H and O–H groups in total. The molecule has 0 radical (unpaired) electrons. The number of phenols is 3. The van der Waals surface area contributed by atoms with Crippen molar-refractivity contribution in [2.24, 2.45) is 0 Å². The molecule has 2 aromatic rings.